The van der Waals surface area contributed by atoms with Crippen LogP contribution in [0, 0.1) is 10.1 Å². The van der Waals surface area contributed by atoms with Crippen molar-refractivity contribution >= 4 is 35.6 Å². The molecule has 13 nitrogen and oxygen atoms in total. The number of amides is 3. The molecule has 3 rings (SSSR count). The van der Waals surface area contributed by atoms with Crippen molar-refractivity contribution in [1.29, 1.82) is 0 Å². The van der Waals surface area contributed by atoms with E-state index in [4.69, 9.17) is 4.74 Å². The number of nitro benzene ring substituents is 1. The minimum atomic E-state index is -1.74. The largest absolute Gasteiger partial charge is 0.464 e. The lowest BCUT2D eigenvalue weighted by molar-refractivity contribution is -0.384. The average molecular weight is 552 g/mol. The van der Waals surface area contributed by atoms with E-state index in [0.717, 1.165) is 0 Å². The van der Waals surface area contributed by atoms with Crippen LogP contribution in [0.1, 0.15) is 52.8 Å². The number of ether oxygens (including phenoxy) is 1. The van der Waals surface area contributed by atoms with Crippen LogP contribution < -0.4 is 15.0 Å². The van der Waals surface area contributed by atoms with Gasteiger partial charge in [0.1, 0.15) is 5.75 Å². The third kappa shape index (κ3) is 6.67. The summed E-state index contributed by atoms with van der Waals surface area (Å²) in [4.78, 5) is 54.9. The van der Waals surface area contributed by atoms with Crippen molar-refractivity contribution in [3.8, 4) is 17.0 Å². The van der Waals surface area contributed by atoms with E-state index < -0.39 is 40.0 Å². The first kappa shape index (κ1) is 29.5. The van der Waals surface area contributed by atoms with Crippen molar-refractivity contribution in [2.75, 3.05) is 10.2 Å². The molecule has 3 aromatic rings. The van der Waals surface area contributed by atoms with Gasteiger partial charge in [-0.2, -0.15) is 0 Å². The Bertz CT molecular complexity index is 1440. The highest BCUT2D eigenvalue weighted by atomic mass is 16.6. The van der Waals surface area contributed by atoms with Gasteiger partial charge in [0.2, 0.25) is 5.95 Å². The van der Waals surface area contributed by atoms with Gasteiger partial charge in [-0.25, -0.2) is 24.4 Å². The molecule has 0 saturated carbocycles. The normalized spacial score (nSPS) is 11.4. The zero-order chi connectivity index (χ0) is 30.0. The second kappa shape index (κ2) is 11.0. The quantitative estimate of drug-likeness (QED) is 0.236. The Kier molecular flexibility index (Phi) is 8.08. The fourth-order valence-electron chi connectivity index (χ4n) is 3.86. The summed E-state index contributed by atoms with van der Waals surface area (Å²) in [5.41, 5.74) is 1.17. The minimum absolute atomic E-state index is 0.0648. The summed E-state index contributed by atoms with van der Waals surface area (Å²) in [5.74, 6) is -0.388. The van der Waals surface area contributed by atoms with Crippen LogP contribution in [0.25, 0.3) is 11.3 Å². The Morgan fingerprint density at radius 3 is 1.88 bits per heavy atom. The number of aromatic nitrogens is 2. The highest BCUT2D eigenvalue weighted by molar-refractivity contribution is 6.06. The smallest absolute Gasteiger partial charge is 0.424 e. The summed E-state index contributed by atoms with van der Waals surface area (Å²) < 4.78 is 5.16. The maximum absolute atomic E-state index is 12.3. The van der Waals surface area contributed by atoms with Crippen molar-refractivity contribution in [2.45, 2.75) is 52.4 Å². The molecule has 0 saturated heterocycles. The van der Waals surface area contributed by atoms with E-state index in [2.05, 4.69) is 15.3 Å². The number of carbonyl (C=O) groups excluding carboxylic acids is 1. The highest BCUT2D eigenvalue weighted by Crippen LogP contribution is 2.40. The summed E-state index contributed by atoms with van der Waals surface area (Å²) in [6.07, 6.45) is -4.31. The van der Waals surface area contributed by atoms with Crippen molar-refractivity contribution in [1.82, 2.24) is 9.97 Å². The van der Waals surface area contributed by atoms with Gasteiger partial charge >= 0.3 is 18.3 Å². The van der Waals surface area contributed by atoms with Gasteiger partial charge in [-0.1, -0.05) is 53.7 Å². The van der Waals surface area contributed by atoms with E-state index in [-0.39, 0.29) is 16.3 Å². The number of hydrogen-bond donors (Lipinski definition) is 3. The van der Waals surface area contributed by atoms with E-state index in [9.17, 15) is 34.7 Å². The fraction of sp³-hybridized carbons (Fsp3) is 0.296. The summed E-state index contributed by atoms with van der Waals surface area (Å²) in [7, 11) is 0. The van der Waals surface area contributed by atoms with E-state index in [0.29, 0.717) is 28.2 Å². The van der Waals surface area contributed by atoms with Crippen LogP contribution in [-0.4, -0.2) is 43.4 Å². The number of rotatable bonds is 5. The van der Waals surface area contributed by atoms with Crippen molar-refractivity contribution in [2.24, 2.45) is 0 Å². The number of nitrogens with one attached hydrogen (secondary N) is 1. The topological polar surface area (TPSA) is 185 Å². The number of hydrogen-bond acceptors (Lipinski definition) is 8. The molecule has 40 heavy (non-hydrogen) atoms. The number of nitro groups is 1. The zero-order valence-electron chi connectivity index (χ0n) is 22.8. The molecule has 0 fully saturated rings. The van der Waals surface area contributed by atoms with Crippen molar-refractivity contribution in [3.63, 3.8) is 0 Å². The minimum Gasteiger partial charge on any atom is -0.464 e. The number of benzene rings is 2. The molecule has 210 valence electrons. The maximum Gasteiger partial charge on any atom is 0.424 e. The molecule has 0 bridgehead atoms. The molecule has 13 heteroatoms. The Morgan fingerprint density at radius 2 is 1.43 bits per heavy atom. The molecule has 3 amide bonds. The Balaban J connectivity index is 2.01. The van der Waals surface area contributed by atoms with Crippen LogP contribution in [0.5, 0.6) is 5.75 Å². The summed E-state index contributed by atoms with van der Waals surface area (Å²) >= 11 is 0. The van der Waals surface area contributed by atoms with Crippen molar-refractivity contribution < 1.29 is 34.3 Å². The summed E-state index contributed by atoms with van der Waals surface area (Å²) in [6.45, 7) is 11.5. The monoisotopic (exact) mass is 551 g/mol. The molecular formula is C27H29N5O8. The van der Waals surface area contributed by atoms with Gasteiger partial charge in [-0.3, -0.25) is 15.4 Å². The average Bonchev–Trinajstić information content (AvgIpc) is 2.82. The van der Waals surface area contributed by atoms with Gasteiger partial charge in [-0.15, -0.1) is 4.90 Å². The van der Waals surface area contributed by atoms with Crippen LogP contribution in [-0.2, 0) is 10.8 Å². The van der Waals surface area contributed by atoms with Gasteiger partial charge in [-0.05, 0) is 29.7 Å². The molecule has 3 N–H and O–H groups in total. The molecule has 0 unspecified atom stereocenters. The van der Waals surface area contributed by atoms with Gasteiger partial charge in [0.05, 0.1) is 16.3 Å². The Morgan fingerprint density at radius 1 is 0.875 bits per heavy atom. The van der Waals surface area contributed by atoms with Gasteiger partial charge in [0.25, 0.3) is 5.69 Å². The molecule has 1 aromatic heterocycles. The lowest BCUT2D eigenvalue weighted by Crippen LogP contribution is -2.37. The van der Waals surface area contributed by atoms with Gasteiger partial charge in [0.15, 0.2) is 0 Å². The van der Waals surface area contributed by atoms with E-state index in [1.807, 2.05) is 41.5 Å². The SMILES string of the molecule is CC(C)(C)c1nc(N(C(=O)O)C(=O)O)nc(-c2ccc(NC(=O)Oc3ccc([N+](=O)[O-])cc3)cc2)c1C(C)(C)C. The Hall–Kier alpha value is -5.07. The number of anilines is 2. The molecule has 0 aliphatic carbocycles. The van der Waals surface area contributed by atoms with E-state index in [1.54, 1.807) is 24.3 Å². The van der Waals surface area contributed by atoms with Crippen LogP contribution >= 0.6 is 0 Å². The van der Waals surface area contributed by atoms with Crippen LogP contribution in [0.4, 0.5) is 31.7 Å². The van der Waals surface area contributed by atoms with Crippen LogP contribution in [0.3, 0.4) is 0 Å². The molecule has 1 heterocycles. The fourth-order valence-corrected chi connectivity index (χ4v) is 3.86. The third-order valence-electron chi connectivity index (χ3n) is 5.60. The number of carbonyl (C=O) groups is 3. The highest BCUT2D eigenvalue weighted by Gasteiger charge is 2.35. The lowest BCUT2D eigenvalue weighted by atomic mass is 9.76. The predicted molar refractivity (Wildman–Crippen MR) is 146 cm³/mol. The zero-order valence-corrected chi connectivity index (χ0v) is 22.8. The molecule has 2 aromatic carbocycles. The second-order valence-corrected chi connectivity index (χ2v) is 10.8. The van der Waals surface area contributed by atoms with Gasteiger partial charge < -0.3 is 14.9 Å². The molecule has 0 atom stereocenters. The molecular weight excluding hydrogens is 522 g/mol. The predicted octanol–water partition coefficient (Wildman–Crippen LogP) is 6.42. The van der Waals surface area contributed by atoms with Crippen molar-refractivity contribution in [3.05, 3.63) is 69.9 Å². The van der Waals surface area contributed by atoms with Crippen LogP contribution in [0.2, 0.25) is 0 Å². The third-order valence-corrected chi connectivity index (χ3v) is 5.60. The van der Waals surface area contributed by atoms with Gasteiger partial charge in [0, 0.05) is 34.4 Å². The number of non-ortho nitro benzene ring substituents is 1. The first-order valence-corrected chi connectivity index (χ1v) is 12.0. The second-order valence-electron chi connectivity index (χ2n) is 10.8. The molecule has 0 aliphatic heterocycles. The summed E-state index contributed by atoms with van der Waals surface area (Å²) in [6, 6.07) is 11.4. The molecule has 0 spiro atoms. The lowest BCUT2D eigenvalue weighted by Gasteiger charge is -2.31. The first-order chi connectivity index (χ1) is 18.5. The molecule has 0 aliphatic rings. The standard InChI is InChI=1S/C27H29N5O8/c1-26(2,3)19-20(29-22(30-21(19)27(4,5)6)31(24(34)35)25(36)37)15-7-9-16(10-8-15)28-23(33)40-18-13-11-17(12-14-18)32(38)39/h7-14H,1-6H3,(H,28,33)(H,34,35)(H,36,37). The molecule has 0 radical (unpaired) electrons. The van der Waals surface area contributed by atoms with E-state index >= 15 is 0 Å². The number of carboxylic acid groups (broad SMARTS) is 2. The van der Waals surface area contributed by atoms with Crippen LogP contribution in [0.15, 0.2) is 48.5 Å². The first-order valence-electron chi connectivity index (χ1n) is 12.0. The Labute approximate surface area is 229 Å². The summed E-state index contributed by atoms with van der Waals surface area (Å²) in [5, 5.41) is 32.4. The number of imide groups is 1. The maximum atomic E-state index is 12.3. The number of nitrogens with zero attached hydrogens (tertiary/aromatic N) is 4. The van der Waals surface area contributed by atoms with E-state index in [1.165, 1.54) is 24.3 Å².